The summed E-state index contributed by atoms with van der Waals surface area (Å²) >= 11 is 0. The molecule has 2 bridgehead atoms. The number of fused-ring (bicyclic) bond motifs is 2. The van der Waals surface area contributed by atoms with E-state index in [9.17, 15) is 13.2 Å². The van der Waals surface area contributed by atoms with Gasteiger partial charge in [-0.3, -0.25) is 4.79 Å². The van der Waals surface area contributed by atoms with Gasteiger partial charge in [0.2, 0.25) is 15.9 Å². The molecule has 2 fully saturated rings. The lowest BCUT2D eigenvalue weighted by molar-refractivity contribution is -0.120. The number of aryl methyl sites for hydroxylation is 1. The Hall–Kier alpha value is -1.70. The molecule has 1 saturated carbocycles. The molecule has 0 radical (unpaired) electrons. The molecule has 140 valence electrons. The molecule has 1 saturated heterocycles. The predicted octanol–water partition coefficient (Wildman–Crippen LogP) is 2.17. The number of nitrogens with zero attached hydrogens (tertiary/aromatic N) is 1. The van der Waals surface area contributed by atoms with Crippen LogP contribution in [-0.4, -0.2) is 44.9 Å². The van der Waals surface area contributed by atoms with Crippen LogP contribution in [0.1, 0.15) is 18.4 Å². The van der Waals surface area contributed by atoms with Crippen LogP contribution in [0.4, 0.5) is 5.69 Å². The second-order valence-electron chi connectivity index (χ2n) is 7.37. The van der Waals surface area contributed by atoms with Crippen LogP contribution in [-0.2, 0) is 19.6 Å². The van der Waals surface area contributed by atoms with Crippen LogP contribution >= 0.6 is 0 Å². The molecule has 2 aliphatic carbocycles. The first-order chi connectivity index (χ1) is 12.4. The van der Waals surface area contributed by atoms with Gasteiger partial charge in [-0.1, -0.05) is 18.2 Å². The monoisotopic (exact) mass is 376 g/mol. The fraction of sp³-hybridized carbons (Fsp3) is 0.526. The van der Waals surface area contributed by atoms with E-state index in [0.29, 0.717) is 49.4 Å². The van der Waals surface area contributed by atoms with Crippen molar-refractivity contribution in [2.75, 3.05) is 31.6 Å². The summed E-state index contributed by atoms with van der Waals surface area (Å²) in [5.41, 5.74) is 1.22. The molecule has 1 aromatic rings. The first kappa shape index (κ1) is 17.7. The molecule has 7 heteroatoms. The molecular weight excluding hydrogens is 352 g/mol. The van der Waals surface area contributed by atoms with Crippen LogP contribution in [0.3, 0.4) is 0 Å². The number of ether oxygens (including phenoxy) is 1. The minimum Gasteiger partial charge on any atom is -0.379 e. The Kier molecular flexibility index (Phi) is 4.62. The molecule has 6 nitrogen and oxygen atoms in total. The van der Waals surface area contributed by atoms with Gasteiger partial charge in [0, 0.05) is 24.7 Å². The summed E-state index contributed by atoms with van der Waals surface area (Å²) in [6.07, 6.45) is 6.29. The highest BCUT2D eigenvalue weighted by Crippen LogP contribution is 2.43. The standard InChI is InChI=1S/C19H24N2O4S/c1-13-2-5-16(20-19(22)17-11-14-3-4-15(17)10-14)12-18(13)26(23,24)21-6-8-25-9-7-21/h2-5,12,14-15,17H,6-11H2,1H3,(H,20,22)/t14-,15+,17-/m1/s1. The Morgan fingerprint density at radius 2 is 1.96 bits per heavy atom. The highest BCUT2D eigenvalue weighted by Gasteiger charge is 2.39. The maximum absolute atomic E-state index is 13.0. The SMILES string of the molecule is Cc1ccc(NC(=O)[C@@H]2C[C@@H]3C=C[C@H]2C3)cc1S(=O)(=O)N1CCOCC1. The predicted molar refractivity (Wildman–Crippen MR) is 98.2 cm³/mol. The number of hydrogen-bond donors (Lipinski definition) is 1. The van der Waals surface area contributed by atoms with E-state index in [0.717, 1.165) is 12.8 Å². The van der Waals surface area contributed by atoms with Crippen LogP contribution in [0.25, 0.3) is 0 Å². The van der Waals surface area contributed by atoms with Gasteiger partial charge in [-0.2, -0.15) is 4.31 Å². The molecule has 0 unspecified atom stereocenters. The van der Waals surface area contributed by atoms with E-state index >= 15 is 0 Å². The molecule has 26 heavy (non-hydrogen) atoms. The number of benzene rings is 1. The van der Waals surface area contributed by atoms with Crippen LogP contribution in [0.2, 0.25) is 0 Å². The number of amides is 1. The molecule has 3 atom stereocenters. The van der Waals surface area contributed by atoms with Crippen LogP contribution in [0.5, 0.6) is 0 Å². The summed E-state index contributed by atoms with van der Waals surface area (Å²) in [4.78, 5) is 12.9. The highest BCUT2D eigenvalue weighted by atomic mass is 32.2. The summed E-state index contributed by atoms with van der Waals surface area (Å²) in [6.45, 7) is 3.31. The summed E-state index contributed by atoms with van der Waals surface area (Å²) in [7, 11) is -3.59. The van der Waals surface area contributed by atoms with E-state index in [4.69, 9.17) is 4.74 Å². The van der Waals surface area contributed by atoms with Gasteiger partial charge in [0.25, 0.3) is 0 Å². The lowest BCUT2D eigenvalue weighted by Crippen LogP contribution is -2.40. The number of nitrogens with one attached hydrogen (secondary N) is 1. The molecule has 1 heterocycles. The Labute approximate surface area is 154 Å². The van der Waals surface area contributed by atoms with E-state index in [2.05, 4.69) is 17.5 Å². The van der Waals surface area contributed by atoms with Crippen molar-refractivity contribution < 1.29 is 17.9 Å². The zero-order valence-corrected chi connectivity index (χ0v) is 15.7. The van der Waals surface area contributed by atoms with Crippen molar-refractivity contribution in [1.82, 2.24) is 4.31 Å². The van der Waals surface area contributed by atoms with Crippen molar-refractivity contribution in [2.24, 2.45) is 17.8 Å². The Balaban J connectivity index is 1.54. The van der Waals surface area contributed by atoms with E-state index in [1.54, 1.807) is 25.1 Å². The number of allylic oxidation sites excluding steroid dienone is 2. The zero-order valence-electron chi connectivity index (χ0n) is 14.8. The normalized spacial score (nSPS) is 28.4. The summed E-state index contributed by atoms with van der Waals surface area (Å²) < 4.78 is 32.6. The van der Waals surface area contributed by atoms with Crippen molar-refractivity contribution >= 4 is 21.6 Å². The largest absolute Gasteiger partial charge is 0.379 e. The van der Waals surface area contributed by atoms with Gasteiger partial charge in [0.15, 0.2) is 0 Å². The second kappa shape index (κ2) is 6.79. The molecule has 3 aliphatic rings. The first-order valence-electron chi connectivity index (χ1n) is 9.13. The maximum Gasteiger partial charge on any atom is 0.243 e. The molecule has 1 amide bonds. The minimum absolute atomic E-state index is 0.00870. The van der Waals surface area contributed by atoms with Gasteiger partial charge in [-0.15, -0.1) is 0 Å². The van der Waals surface area contributed by atoms with Gasteiger partial charge in [-0.05, 0) is 49.3 Å². The van der Waals surface area contributed by atoms with Crippen molar-refractivity contribution in [3.05, 3.63) is 35.9 Å². The van der Waals surface area contributed by atoms with E-state index < -0.39 is 10.0 Å². The third kappa shape index (κ3) is 3.19. The average Bonchev–Trinajstić information content (AvgIpc) is 3.27. The highest BCUT2D eigenvalue weighted by molar-refractivity contribution is 7.89. The third-order valence-electron chi connectivity index (χ3n) is 5.66. The Morgan fingerprint density at radius 3 is 2.62 bits per heavy atom. The quantitative estimate of drug-likeness (QED) is 0.817. The summed E-state index contributed by atoms with van der Waals surface area (Å²) in [5, 5.41) is 2.93. The van der Waals surface area contributed by atoms with Crippen LogP contribution < -0.4 is 5.32 Å². The number of rotatable bonds is 4. The second-order valence-corrected chi connectivity index (χ2v) is 9.28. The molecular formula is C19H24N2O4S. The maximum atomic E-state index is 13.0. The van der Waals surface area contributed by atoms with Gasteiger partial charge in [0.1, 0.15) is 0 Å². The number of carbonyl (C=O) groups is 1. The van der Waals surface area contributed by atoms with E-state index in [1.165, 1.54) is 4.31 Å². The van der Waals surface area contributed by atoms with Gasteiger partial charge in [-0.25, -0.2) is 8.42 Å². The lowest BCUT2D eigenvalue weighted by atomic mass is 9.93. The molecule has 4 rings (SSSR count). The van der Waals surface area contributed by atoms with E-state index in [-0.39, 0.29) is 16.7 Å². The number of carbonyl (C=O) groups excluding carboxylic acids is 1. The Bertz CT molecular complexity index is 843. The van der Waals surface area contributed by atoms with E-state index in [1.807, 2.05) is 0 Å². The van der Waals surface area contributed by atoms with Crippen LogP contribution in [0, 0.1) is 24.7 Å². The number of anilines is 1. The van der Waals surface area contributed by atoms with Crippen molar-refractivity contribution in [3.63, 3.8) is 0 Å². The van der Waals surface area contributed by atoms with Gasteiger partial charge in [0.05, 0.1) is 18.1 Å². The minimum atomic E-state index is -3.59. The van der Waals surface area contributed by atoms with Gasteiger partial charge < -0.3 is 10.1 Å². The fourth-order valence-electron chi connectivity index (χ4n) is 4.20. The number of sulfonamides is 1. The fourth-order valence-corrected chi connectivity index (χ4v) is 5.86. The number of morpholine rings is 1. The zero-order chi connectivity index (χ0) is 18.3. The van der Waals surface area contributed by atoms with Crippen LogP contribution in [0.15, 0.2) is 35.2 Å². The summed E-state index contributed by atoms with van der Waals surface area (Å²) in [6, 6.07) is 5.11. The molecule has 1 aromatic carbocycles. The molecule has 1 aliphatic heterocycles. The first-order valence-corrected chi connectivity index (χ1v) is 10.6. The molecule has 0 aromatic heterocycles. The number of hydrogen-bond acceptors (Lipinski definition) is 4. The van der Waals surface area contributed by atoms with Crippen molar-refractivity contribution in [1.29, 1.82) is 0 Å². The average molecular weight is 376 g/mol. The Morgan fingerprint density at radius 1 is 1.19 bits per heavy atom. The smallest absolute Gasteiger partial charge is 0.243 e. The molecule has 0 spiro atoms. The summed E-state index contributed by atoms with van der Waals surface area (Å²) in [5.74, 6) is 0.819. The lowest BCUT2D eigenvalue weighted by Gasteiger charge is -2.27. The topological polar surface area (TPSA) is 75.7 Å². The van der Waals surface area contributed by atoms with Gasteiger partial charge >= 0.3 is 0 Å². The van der Waals surface area contributed by atoms with Crippen molar-refractivity contribution in [2.45, 2.75) is 24.7 Å². The molecule has 1 N–H and O–H groups in total. The third-order valence-corrected chi connectivity index (χ3v) is 7.70. The van der Waals surface area contributed by atoms with Crippen molar-refractivity contribution in [3.8, 4) is 0 Å².